The zero-order chi connectivity index (χ0) is 19.7. The number of amides is 1. The van der Waals surface area contributed by atoms with Crippen LogP contribution in [0, 0.1) is 0 Å². The molecular weight excluding hydrogens is 360 g/mol. The zero-order valence-electron chi connectivity index (χ0n) is 15.5. The highest BCUT2D eigenvalue weighted by Gasteiger charge is 2.32. The first-order chi connectivity index (χ1) is 13.6. The van der Waals surface area contributed by atoms with E-state index in [1.54, 1.807) is 32.5 Å². The molecule has 0 fully saturated rings. The minimum absolute atomic E-state index is 0.150. The third-order valence-electron chi connectivity index (χ3n) is 4.69. The maximum atomic E-state index is 12.7. The Hall–Kier alpha value is -3.68. The van der Waals surface area contributed by atoms with E-state index in [4.69, 9.17) is 9.47 Å². The van der Waals surface area contributed by atoms with Gasteiger partial charge in [0.15, 0.2) is 0 Å². The van der Waals surface area contributed by atoms with E-state index < -0.39 is 0 Å². The van der Waals surface area contributed by atoms with Crippen molar-refractivity contribution in [1.82, 2.24) is 15.3 Å². The Morgan fingerprint density at radius 3 is 2.50 bits per heavy atom. The standard InChI is InChI=1S/C20H20N4O4/c1-27-15-7-13(8-16(10-15)28-2)9-19-22-20(25)17-5-3-4-6-18(17)24(19)14-11-21-23(26)12-14/h3-8,10-12,19,26H,9H2,1-2H3,(H,22,25). The molecule has 1 aliphatic rings. The summed E-state index contributed by atoms with van der Waals surface area (Å²) in [6.07, 6.45) is 3.15. The molecule has 2 N–H and O–H groups in total. The Morgan fingerprint density at radius 1 is 1.14 bits per heavy atom. The fourth-order valence-electron chi connectivity index (χ4n) is 3.43. The van der Waals surface area contributed by atoms with E-state index in [1.807, 2.05) is 35.2 Å². The smallest absolute Gasteiger partial charge is 0.255 e. The van der Waals surface area contributed by atoms with E-state index in [1.165, 1.54) is 6.20 Å². The highest BCUT2D eigenvalue weighted by Crippen LogP contribution is 2.34. The molecule has 0 bridgehead atoms. The maximum absolute atomic E-state index is 12.7. The predicted octanol–water partition coefficient (Wildman–Crippen LogP) is 2.59. The lowest BCUT2D eigenvalue weighted by Gasteiger charge is -2.38. The first kappa shape index (κ1) is 17.7. The van der Waals surface area contributed by atoms with E-state index >= 15 is 0 Å². The van der Waals surface area contributed by atoms with Gasteiger partial charge in [-0.25, -0.2) is 0 Å². The van der Waals surface area contributed by atoms with Crippen LogP contribution in [0.4, 0.5) is 11.4 Å². The van der Waals surface area contributed by atoms with Gasteiger partial charge in [0, 0.05) is 12.5 Å². The average Bonchev–Trinajstić information content (AvgIpc) is 3.13. The number of carbonyl (C=O) groups excluding carboxylic acids is 1. The average molecular weight is 380 g/mol. The second-order valence-electron chi connectivity index (χ2n) is 6.42. The Labute approximate surface area is 161 Å². The number of nitrogens with one attached hydrogen (secondary N) is 1. The molecule has 144 valence electrons. The fraction of sp³-hybridized carbons (Fsp3) is 0.200. The molecule has 1 atom stereocenters. The normalized spacial score (nSPS) is 15.7. The number of fused-ring (bicyclic) bond motifs is 1. The summed E-state index contributed by atoms with van der Waals surface area (Å²) in [6, 6.07) is 12.9. The van der Waals surface area contributed by atoms with Crippen molar-refractivity contribution in [3.05, 3.63) is 66.0 Å². The van der Waals surface area contributed by atoms with E-state index in [2.05, 4.69) is 10.4 Å². The largest absolute Gasteiger partial charge is 0.497 e. The van der Waals surface area contributed by atoms with Crippen molar-refractivity contribution >= 4 is 17.3 Å². The molecule has 8 heteroatoms. The van der Waals surface area contributed by atoms with Crippen molar-refractivity contribution in [2.45, 2.75) is 12.6 Å². The highest BCUT2D eigenvalue weighted by molar-refractivity contribution is 6.03. The van der Waals surface area contributed by atoms with Crippen LogP contribution in [0.5, 0.6) is 11.5 Å². The molecule has 0 aliphatic carbocycles. The van der Waals surface area contributed by atoms with Crippen LogP contribution in [0.1, 0.15) is 15.9 Å². The summed E-state index contributed by atoms with van der Waals surface area (Å²) in [6.45, 7) is 0. The van der Waals surface area contributed by atoms with Crippen LogP contribution in [-0.4, -0.2) is 41.4 Å². The molecular formula is C20H20N4O4. The molecule has 1 amide bonds. The minimum Gasteiger partial charge on any atom is -0.497 e. The van der Waals surface area contributed by atoms with Gasteiger partial charge in [0.25, 0.3) is 5.91 Å². The number of carbonyl (C=O) groups is 1. The molecule has 3 aromatic rings. The highest BCUT2D eigenvalue weighted by atomic mass is 16.5. The molecule has 0 radical (unpaired) electrons. The Bertz CT molecular complexity index is 995. The molecule has 4 rings (SSSR count). The second-order valence-corrected chi connectivity index (χ2v) is 6.42. The number of aromatic nitrogens is 2. The van der Waals surface area contributed by atoms with Crippen molar-refractivity contribution in [2.24, 2.45) is 0 Å². The number of hydrogen-bond acceptors (Lipinski definition) is 6. The number of nitrogens with zero attached hydrogens (tertiary/aromatic N) is 3. The van der Waals surface area contributed by atoms with Gasteiger partial charge in [-0.1, -0.05) is 12.1 Å². The van der Waals surface area contributed by atoms with Gasteiger partial charge in [0.1, 0.15) is 17.7 Å². The summed E-state index contributed by atoms with van der Waals surface area (Å²) < 4.78 is 10.7. The SMILES string of the molecule is COc1cc(CC2NC(=O)c3ccccc3N2c2cnn(O)c2)cc(OC)c1. The molecule has 1 aliphatic heterocycles. The molecule has 1 unspecified atom stereocenters. The van der Waals surface area contributed by atoms with Crippen molar-refractivity contribution in [3.8, 4) is 11.5 Å². The molecule has 2 aromatic carbocycles. The van der Waals surface area contributed by atoms with E-state index in [-0.39, 0.29) is 12.1 Å². The Morgan fingerprint density at radius 2 is 1.86 bits per heavy atom. The maximum Gasteiger partial charge on any atom is 0.255 e. The topological polar surface area (TPSA) is 88.9 Å². The predicted molar refractivity (Wildman–Crippen MR) is 102 cm³/mol. The van der Waals surface area contributed by atoms with Gasteiger partial charge in [0.05, 0.1) is 43.6 Å². The second kappa shape index (κ2) is 7.15. The number of anilines is 2. The summed E-state index contributed by atoms with van der Waals surface area (Å²) in [7, 11) is 3.19. The van der Waals surface area contributed by atoms with Gasteiger partial charge in [-0.15, -0.1) is 9.94 Å². The van der Waals surface area contributed by atoms with E-state index in [9.17, 15) is 10.0 Å². The lowest BCUT2D eigenvalue weighted by atomic mass is 10.0. The van der Waals surface area contributed by atoms with Gasteiger partial charge in [0.2, 0.25) is 0 Å². The summed E-state index contributed by atoms with van der Waals surface area (Å²) in [5.41, 5.74) is 2.91. The molecule has 8 nitrogen and oxygen atoms in total. The van der Waals surface area contributed by atoms with Crippen molar-refractivity contribution in [1.29, 1.82) is 0 Å². The Balaban J connectivity index is 1.76. The van der Waals surface area contributed by atoms with Crippen LogP contribution in [0.2, 0.25) is 0 Å². The first-order valence-electron chi connectivity index (χ1n) is 8.74. The van der Waals surface area contributed by atoms with E-state index in [0.717, 1.165) is 16.1 Å². The summed E-state index contributed by atoms with van der Waals surface area (Å²) >= 11 is 0. The van der Waals surface area contributed by atoms with Crippen molar-refractivity contribution in [3.63, 3.8) is 0 Å². The van der Waals surface area contributed by atoms with Gasteiger partial charge in [-0.05, 0) is 29.8 Å². The van der Waals surface area contributed by atoms with Crippen LogP contribution >= 0.6 is 0 Å². The van der Waals surface area contributed by atoms with Crippen LogP contribution in [0.3, 0.4) is 0 Å². The molecule has 0 spiro atoms. The summed E-state index contributed by atoms with van der Waals surface area (Å²) in [5.74, 6) is 1.20. The zero-order valence-corrected chi connectivity index (χ0v) is 15.5. The number of benzene rings is 2. The van der Waals surface area contributed by atoms with Gasteiger partial charge < -0.3 is 24.9 Å². The van der Waals surface area contributed by atoms with Gasteiger partial charge in [-0.3, -0.25) is 4.79 Å². The number of para-hydroxylation sites is 1. The van der Waals surface area contributed by atoms with Crippen LogP contribution in [0.15, 0.2) is 54.9 Å². The van der Waals surface area contributed by atoms with Gasteiger partial charge in [-0.2, -0.15) is 0 Å². The number of hydrogen-bond donors (Lipinski definition) is 2. The lowest BCUT2D eigenvalue weighted by molar-refractivity contribution is 0.0930. The molecule has 0 saturated heterocycles. The van der Waals surface area contributed by atoms with Crippen molar-refractivity contribution < 1.29 is 19.5 Å². The number of rotatable bonds is 5. The van der Waals surface area contributed by atoms with Crippen LogP contribution in [-0.2, 0) is 6.42 Å². The molecule has 0 saturated carbocycles. The molecule has 2 heterocycles. The minimum atomic E-state index is -0.386. The monoisotopic (exact) mass is 380 g/mol. The van der Waals surface area contributed by atoms with Crippen molar-refractivity contribution in [2.75, 3.05) is 19.1 Å². The number of ether oxygens (including phenoxy) is 2. The first-order valence-corrected chi connectivity index (χ1v) is 8.74. The third-order valence-corrected chi connectivity index (χ3v) is 4.69. The molecule has 28 heavy (non-hydrogen) atoms. The van der Waals surface area contributed by atoms with E-state index in [0.29, 0.717) is 29.2 Å². The van der Waals surface area contributed by atoms with Gasteiger partial charge >= 0.3 is 0 Å². The Kier molecular flexibility index (Phi) is 4.52. The lowest BCUT2D eigenvalue weighted by Crippen LogP contribution is -2.51. The molecule has 1 aromatic heterocycles. The summed E-state index contributed by atoms with van der Waals surface area (Å²) in [4.78, 5) is 15.4. The third kappa shape index (κ3) is 3.20. The quantitative estimate of drug-likeness (QED) is 0.662. The number of methoxy groups -OCH3 is 2. The van der Waals surface area contributed by atoms with Crippen LogP contribution in [0.25, 0.3) is 0 Å². The summed E-state index contributed by atoms with van der Waals surface area (Å²) in [5, 5.41) is 16.6. The fourth-order valence-corrected chi connectivity index (χ4v) is 3.43. The van der Waals surface area contributed by atoms with Crippen LogP contribution < -0.4 is 19.7 Å².